The Morgan fingerprint density at radius 3 is 1.82 bits per heavy atom. The zero-order chi connectivity index (χ0) is 23.4. The molecule has 0 spiro atoms. The normalized spacial score (nSPS) is 11.2. The fourth-order valence-corrected chi connectivity index (χ4v) is 8.00. The highest BCUT2D eigenvalue weighted by Crippen LogP contribution is 2.54. The average molecular weight is 460 g/mol. The van der Waals surface area contributed by atoms with Crippen molar-refractivity contribution in [2.75, 3.05) is 39.5 Å². The number of ether oxygens (including phenoxy) is 1. The first-order valence-corrected chi connectivity index (χ1v) is 13.0. The molecule has 3 aromatic rings. The largest absolute Gasteiger partial charge is 0.376 e. The molecule has 3 aromatic carbocycles. The van der Waals surface area contributed by atoms with E-state index >= 15 is 0 Å². The fourth-order valence-electron chi connectivity index (χ4n) is 3.89. The summed E-state index contributed by atoms with van der Waals surface area (Å²) in [7, 11) is 1.11. The maximum absolute atomic E-state index is 11.9. The van der Waals surface area contributed by atoms with E-state index in [0.29, 0.717) is 25.9 Å². The predicted octanol–water partition coefficient (Wildman–Crippen LogP) is 1.85. The third-order valence-corrected chi connectivity index (χ3v) is 9.83. The summed E-state index contributed by atoms with van der Waals surface area (Å²) in [5.74, 6) is -0.140. The Morgan fingerprint density at radius 1 is 0.879 bits per heavy atom. The maximum Gasteiger partial charge on any atom is 0.293 e. The Hall–Kier alpha value is -2.79. The van der Waals surface area contributed by atoms with Crippen LogP contribution in [0.3, 0.4) is 0 Å². The van der Waals surface area contributed by atoms with Gasteiger partial charge in [-0.2, -0.15) is 0 Å². The Balaban J connectivity index is 1.70. The van der Waals surface area contributed by atoms with E-state index in [1.54, 1.807) is 11.9 Å². The van der Waals surface area contributed by atoms with Crippen LogP contribution in [0.4, 0.5) is 0 Å². The van der Waals surface area contributed by atoms with Crippen molar-refractivity contribution >= 4 is 42.7 Å². The van der Waals surface area contributed by atoms with Gasteiger partial charge in [-0.15, -0.1) is 0 Å². The molecule has 0 aliphatic rings. The van der Waals surface area contributed by atoms with Gasteiger partial charge in [0.25, 0.3) is 7.41 Å². The molecule has 0 aliphatic heterocycles. The summed E-state index contributed by atoms with van der Waals surface area (Å²) in [4.78, 5) is 24.0. The molecule has 5 nitrogen and oxygen atoms in total. The molecule has 3 rings (SSSR count). The molecule has 0 bridgehead atoms. The summed E-state index contributed by atoms with van der Waals surface area (Å²) in [5, 5.41) is 6.81. The van der Waals surface area contributed by atoms with Gasteiger partial charge in [0.05, 0.1) is 32.1 Å². The average Bonchev–Trinajstić information content (AvgIpc) is 2.85. The number of carbonyl (C=O) groups excluding carboxylic acids is 2. The molecule has 0 saturated heterocycles. The van der Waals surface area contributed by atoms with Crippen LogP contribution in [0.15, 0.2) is 91.0 Å². The molecule has 0 atom stereocenters. The molecule has 0 unspecified atom stereocenters. The lowest BCUT2D eigenvalue weighted by Gasteiger charge is -2.27. The number of nitrogens with zero attached hydrogens (tertiary/aromatic N) is 1. The van der Waals surface area contributed by atoms with Gasteiger partial charge in [-0.3, -0.25) is 4.79 Å². The highest BCUT2D eigenvalue weighted by atomic mass is 31.2. The number of benzene rings is 3. The Labute approximate surface area is 197 Å². The molecule has 0 saturated carbocycles. The van der Waals surface area contributed by atoms with Crippen molar-refractivity contribution < 1.29 is 14.3 Å². The van der Waals surface area contributed by atoms with Gasteiger partial charge in [-0.05, 0) is 43.4 Å². The van der Waals surface area contributed by atoms with Crippen molar-refractivity contribution in [3.8, 4) is 0 Å². The van der Waals surface area contributed by atoms with Crippen LogP contribution in [0.1, 0.15) is 0 Å². The summed E-state index contributed by atoms with van der Waals surface area (Å²) in [6.07, 6.45) is 1.54. The number of likely N-dealkylation sites (N-methyl/N-ethyl adjacent to an activating group) is 1. The first-order valence-electron chi connectivity index (χ1n) is 11.0. The highest BCUT2D eigenvalue weighted by molar-refractivity contribution is 7.95. The monoisotopic (exact) mass is 460 g/mol. The molecule has 0 fully saturated rings. The number of nitrogens with one attached hydrogen (secondary N) is 1. The summed E-state index contributed by atoms with van der Waals surface area (Å²) in [5.41, 5.74) is 0. The predicted molar refractivity (Wildman–Crippen MR) is 139 cm³/mol. The van der Waals surface area contributed by atoms with Crippen molar-refractivity contribution in [1.82, 2.24) is 10.1 Å². The van der Waals surface area contributed by atoms with Gasteiger partial charge in [-0.25, -0.2) is 0 Å². The molecule has 7 heteroatoms. The van der Waals surface area contributed by atoms with Gasteiger partial charge in [0.1, 0.15) is 23.2 Å². The lowest BCUT2D eigenvalue weighted by atomic mass is 9.96. The van der Waals surface area contributed by atoms with Gasteiger partial charge in [-0.1, -0.05) is 54.6 Å². The SMILES string of the molecule is CN([B]C=O)CC(=O)NCCOCC[P+](c1ccccc1)(c1ccccc1)c1ccccc1. The van der Waals surface area contributed by atoms with Crippen LogP contribution in [0, 0.1) is 0 Å². The van der Waals surface area contributed by atoms with Crippen molar-refractivity contribution in [1.29, 1.82) is 0 Å². The minimum Gasteiger partial charge on any atom is -0.376 e. The Morgan fingerprint density at radius 2 is 1.36 bits per heavy atom. The molecule has 1 radical (unpaired) electrons. The molecule has 0 aliphatic carbocycles. The zero-order valence-corrected chi connectivity index (χ0v) is 19.9. The summed E-state index contributed by atoms with van der Waals surface area (Å²) in [6.45, 7) is 1.59. The van der Waals surface area contributed by atoms with Crippen LogP contribution < -0.4 is 21.2 Å². The fraction of sp³-hybridized carbons (Fsp3) is 0.231. The van der Waals surface area contributed by atoms with Crippen LogP contribution in [0.2, 0.25) is 0 Å². The van der Waals surface area contributed by atoms with E-state index in [9.17, 15) is 9.59 Å². The lowest BCUT2D eigenvalue weighted by molar-refractivity contribution is -0.121. The van der Waals surface area contributed by atoms with E-state index < -0.39 is 7.26 Å². The first kappa shape index (κ1) is 24.8. The van der Waals surface area contributed by atoms with E-state index in [1.165, 1.54) is 23.3 Å². The molecular formula is C26H30BN2O3P+. The molecule has 0 aromatic heterocycles. The van der Waals surface area contributed by atoms with Gasteiger partial charge < -0.3 is 19.7 Å². The Bertz CT molecular complexity index is 894. The lowest BCUT2D eigenvalue weighted by Crippen LogP contribution is -2.39. The van der Waals surface area contributed by atoms with Crippen molar-refractivity contribution in [3.63, 3.8) is 0 Å². The minimum atomic E-state index is -1.90. The quantitative estimate of drug-likeness (QED) is 0.183. The standard InChI is InChI=1S/C26H29BN2O3P/c1-29(27-22-30)21-26(31)28-17-18-32-19-20-33(23-11-5-2-6-12-23,24-13-7-3-8-14-24)25-15-9-4-10-16-25/h2-16,22H,17-21H2,1H3/p+1. The zero-order valence-electron chi connectivity index (χ0n) is 19.0. The first-order chi connectivity index (χ1) is 16.2. The van der Waals surface area contributed by atoms with Crippen LogP contribution in [-0.4, -0.2) is 63.8 Å². The Kier molecular flexibility index (Phi) is 9.83. The number of rotatable bonds is 13. The van der Waals surface area contributed by atoms with Crippen molar-refractivity contribution in [2.24, 2.45) is 0 Å². The second kappa shape index (κ2) is 13.1. The van der Waals surface area contributed by atoms with E-state index in [0.717, 1.165) is 6.16 Å². The minimum absolute atomic E-state index is 0.140. The smallest absolute Gasteiger partial charge is 0.293 e. The van der Waals surface area contributed by atoms with E-state index in [-0.39, 0.29) is 12.5 Å². The van der Waals surface area contributed by atoms with Crippen LogP contribution in [0.5, 0.6) is 0 Å². The molecule has 1 amide bonds. The second-order valence-electron chi connectivity index (χ2n) is 7.70. The molecule has 169 valence electrons. The molecular weight excluding hydrogens is 430 g/mol. The van der Waals surface area contributed by atoms with Gasteiger partial charge in [0, 0.05) is 6.54 Å². The second-order valence-corrected chi connectivity index (χ2v) is 11.3. The third-order valence-electron chi connectivity index (χ3n) is 5.44. The van der Waals surface area contributed by atoms with Crippen LogP contribution in [0.25, 0.3) is 0 Å². The van der Waals surface area contributed by atoms with Crippen LogP contribution >= 0.6 is 7.26 Å². The van der Waals surface area contributed by atoms with E-state index in [2.05, 4.69) is 96.3 Å². The third kappa shape index (κ3) is 6.85. The van der Waals surface area contributed by atoms with Gasteiger partial charge >= 0.3 is 0 Å². The summed E-state index contributed by atoms with van der Waals surface area (Å²) < 4.78 is 5.99. The van der Waals surface area contributed by atoms with Gasteiger partial charge in [0.15, 0.2) is 0 Å². The molecule has 33 heavy (non-hydrogen) atoms. The van der Waals surface area contributed by atoms with Crippen LogP contribution in [-0.2, 0) is 14.3 Å². The number of amides is 1. The summed E-state index contributed by atoms with van der Waals surface area (Å²) >= 11 is 0. The number of carbonyl (C=O) groups is 2. The summed E-state index contributed by atoms with van der Waals surface area (Å²) in [6, 6.07) is 32.1. The number of hydrogen-bond acceptors (Lipinski definition) is 4. The van der Waals surface area contributed by atoms with Crippen molar-refractivity contribution in [3.05, 3.63) is 91.0 Å². The maximum atomic E-state index is 11.9. The van der Waals surface area contributed by atoms with E-state index in [4.69, 9.17) is 4.74 Å². The number of hydrogen-bond donors (Lipinski definition) is 1. The van der Waals surface area contributed by atoms with Crippen molar-refractivity contribution in [2.45, 2.75) is 0 Å². The van der Waals surface area contributed by atoms with E-state index in [1.807, 2.05) is 0 Å². The molecule has 1 N–H and O–H groups in total. The molecule has 0 heterocycles. The topological polar surface area (TPSA) is 58.6 Å². The van der Waals surface area contributed by atoms with Gasteiger partial charge in [0.2, 0.25) is 5.91 Å². The highest BCUT2D eigenvalue weighted by Gasteiger charge is 2.44.